The molecule has 1 fully saturated rings. The molecule has 0 bridgehead atoms. The average Bonchev–Trinajstić information content (AvgIpc) is 2.62. The van der Waals surface area contributed by atoms with Gasteiger partial charge in [0.15, 0.2) is 11.7 Å². The lowest BCUT2D eigenvalue weighted by Crippen LogP contribution is -2.50. The molecule has 0 heterocycles. The van der Waals surface area contributed by atoms with E-state index in [0.717, 1.165) is 36.8 Å². The fraction of sp³-hybridized carbons (Fsp3) is 0.500. The Labute approximate surface area is 153 Å². The number of hydrogen-bond acceptors (Lipinski definition) is 4. The van der Waals surface area contributed by atoms with E-state index in [1.807, 2.05) is 32.0 Å². The lowest BCUT2D eigenvalue weighted by molar-refractivity contribution is -0.125. The van der Waals surface area contributed by atoms with E-state index in [4.69, 9.17) is 17.0 Å². The van der Waals surface area contributed by atoms with Gasteiger partial charge in [-0.1, -0.05) is 31.4 Å². The molecule has 0 saturated heterocycles. The van der Waals surface area contributed by atoms with Crippen molar-refractivity contribution in [1.82, 2.24) is 16.2 Å². The number of hydrazine groups is 1. The molecule has 25 heavy (non-hydrogen) atoms. The molecule has 0 atom stereocenters. The number of carbonyl (C=O) groups excluding carboxylic acids is 2. The molecular formula is C18H25N3O3S. The molecule has 1 aromatic carbocycles. The van der Waals surface area contributed by atoms with E-state index in [0.29, 0.717) is 5.75 Å². The van der Waals surface area contributed by atoms with E-state index in [2.05, 4.69) is 16.2 Å². The van der Waals surface area contributed by atoms with Crippen molar-refractivity contribution in [3.63, 3.8) is 0 Å². The van der Waals surface area contributed by atoms with Crippen LogP contribution in [0.1, 0.15) is 43.2 Å². The molecule has 1 saturated carbocycles. The first-order valence-electron chi connectivity index (χ1n) is 8.56. The Kier molecular flexibility index (Phi) is 7.18. The summed E-state index contributed by atoms with van der Waals surface area (Å²) in [5.74, 6) is 0.216. The zero-order valence-electron chi connectivity index (χ0n) is 14.7. The normalized spacial score (nSPS) is 14.5. The first-order chi connectivity index (χ1) is 12.0. The van der Waals surface area contributed by atoms with Crippen LogP contribution in [0.4, 0.5) is 0 Å². The van der Waals surface area contributed by atoms with Crippen LogP contribution >= 0.6 is 12.2 Å². The lowest BCUT2D eigenvalue weighted by atomic mass is 9.89. The Bertz CT molecular complexity index is 642. The van der Waals surface area contributed by atoms with Gasteiger partial charge in [0.05, 0.1) is 0 Å². The third kappa shape index (κ3) is 6.01. The molecule has 2 amide bonds. The topological polar surface area (TPSA) is 79.5 Å². The molecule has 3 N–H and O–H groups in total. The molecular weight excluding hydrogens is 338 g/mol. The molecule has 1 aliphatic carbocycles. The Morgan fingerprint density at radius 2 is 1.88 bits per heavy atom. The molecule has 7 heteroatoms. The smallest absolute Gasteiger partial charge is 0.276 e. The number of amides is 2. The van der Waals surface area contributed by atoms with Gasteiger partial charge < -0.3 is 10.1 Å². The van der Waals surface area contributed by atoms with Gasteiger partial charge in [-0.15, -0.1) is 0 Å². The summed E-state index contributed by atoms with van der Waals surface area (Å²) in [5, 5.41) is 2.71. The summed E-state index contributed by atoms with van der Waals surface area (Å²) < 4.78 is 5.51. The van der Waals surface area contributed by atoms with E-state index < -0.39 is 0 Å². The molecule has 0 aliphatic heterocycles. The Balaban J connectivity index is 1.69. The molecule has 2 rings (SSSR count). The highest BCUT2D eigenvalue weighted by Gasteiger charge is 2.21. The van der Waals surface area contributed by atoms with Crippen LogP contribution in [-0.4, -0.2) is 23.5 Å². The van der Waals surface area contributed by atoms with Crippen LogP contribution in [0.25, 0.3) is 0 Å². The highest BCUT2D eigenvalue weighted by molar-refractivity contribution is 7.80. The minimum atomic E-state index is -0.379. The Morgan fingerprint density at radius 3 is 2.60 bits per heavy atom. The minimum absolute atomic E-state index is 0.0110. The second-order valence-corrected chi connectivity index (χ2v) is 6.72. The largest absolute Gasteiger partial charge is 0.483 e. The summed E-state index contributed by atoms with van der Waals surface area (Å²) >= 11 is 5.03. The number of aryl methyl sites for hydroxylation is 1. The van der Waals surface area contributed by atoms with Crippen molar-refractivity contribution in [2.24, 2.45) is 5.92 Å². The molecule has 1 aromatic rings. The molecule has 0 aromatic heterocycles. The molecule has 6 nitrogen and oxygen atoms in total. The summed E-state index contributed by atoms with van der Waals surface area (Å²) in [6, 6.07) is 5.68. The van der Waals surface area contributed by atoms with E-state index in [-0.39, 0.29) is 29.5 Å². The number of carbonyl (C=O) groups is 2. The van der Waals surface area contributed by atoms with Crippen LogP contribution in [0.15, 0.2) is 18.2 Å². The minimum Gasteiger partial charge on any atom is -0.483 e. The number of hydrogen-bond donors (Lipinski definition) is 3. The fourth-order valence-corrected chi connectivity index (χ4v) is 2.95. The van der Waals surface area contributed by atoms with Gasteiger partial charge in [-0.05, 0) is 56.1 Å². The zero-order chi connectivity index (χ0) is 18.2. The summed E-state index contributed by atoms with van der Waals surface area (Å²) in [5.41, 5.74) is 7.06. The molecule has 136 valence electrons. The number of rotatable bonds is 4. The number of ether oxygens (including phenoxy) is 1. The maximum absolute atomic E-state index is 12.1. The monoisotopic (exact) mass is 363 g/mol. The Hall–Kier alpha value is -2.15. The van der Waals surface area contributed by atoms with Crippen molar-refractivity contribution in [3.05, 3.63) is 29.3 Å². The molecule has 0 radical (unpaired) electrons. The van der Waals surface area contributed by atoms with Gasteiger partial charge in [0.2, 0.25) is 5.91 Å². The van der Waals surface area contributed by atoms with Gasteiger partial charge in [0.1, 0.15) is 5.75 Å². The van der Waals surface area contributed by atoms with Gasteiger partial charge in [0.25, 0.3) is 5.91 Å². The first-order valence-corrected chi connectivity index (χ1v) is 8.97. The van der Waals surface area contributed by atoms with Crippen molar-refractivity contribution >= 4 is 29.1 Å². The van der Waals surface area contributed by atoms with Crippen LogP contribution in [0.3, 0.4) is 0 Å². The van der Waals surface area contributed by atoms with Crippen molar-refractivity contribution < 1.29 is 14.3 Å². The zero-order valence-corrected chi connectivity index (χ0v) is 15.5. The predicted molar refractivity (Wildman–Crippen MR) is 100 cm³/mol. The van der Waals surface area contributed by atoms with Crippen molar-refractivity contribution in [3.8, 4) is 5.75 Å². The summed E-state index contributed by atoms with van der Waals surface area (Å²) in [6.45, 7) is 3.78. The Morgan fingerprint density at radius 1 is 1.16 bits per heavy atom. The molecule has 1 aliphatic rings. The van der Waals surface area contributed by atoms with E-state index in [9.17, 15) is 9.59 Å². The molecule has 0 spiro atoms. The van der Waals surface area contributed by atoms with Crippen LogP contribution in [0, 0.1) is 19.8 Å². The van der Waals surface area contributed by atoms with Crippen LogP contribution in [0.2, 0.25) is 0 Å². The summed E-state index contributed by atoms with van der Waals surface area (Å²) in [7, 11) is 0. The first kappa shape index (κ1) is 19.2. The third-order valence-corrected chi connectivity index (χ3v) is 4.65. The second-order valence-electron chi connectivity index (χ2n) is 6.31. The van der Waals surface area contributed by atoms with Crippen molar-refractivity contribution in [2.75, 3.05) is 6.61 Å². The SMILES string of the molecule is Cc1cccc(OCC(=O)NNC(=S)NC(=O)C2CCCCC2)c1C. The summed E-state index contributed by atoms with van der Waals surface area (Å²) in [4.78, 5) is 23.9. The van der Waals surface area contributed by atoms with Gasteiger partial charge in [-0.25, -0.2) is 0 Å². The second kappa shape index (κ2) is 9.36. The van der Waals surface area contributed by atoms with Crippen molar-refractivity contribution in [2.45, 2.75) is 46.0 Å². The van der Waals surface area contributed by atoms with Gasteiger partial charge in [0, 0.05) is 5.92 Å². The van der Waals surface area contributed by atoms with Crippen LogP contribution < -0.4 is 20.9 Å². The fourth-order valence-electron chi connectivity index (χ4n) is 2.80. The molecule has 0 unspecified atom stereocenters. The summed E-state index contributed by atoms with van der Waals surface area (Å²) in [6.07, 6.45) is 5.12. The van der Waals surface area contributed by atoms with E-state index in [1.165, 1.54) is 6.42 Å². The maximum Gasteiger partial charge on any atom is 0.276 e. The van der Waals surface area contributed by atoms with Crippen LogP contribution in [0.5, 0.6) is 5.75 Å². The number of benzene rings is 1. The van der Waals surface area contributed by atoms with Crippen LogP contribution in [-0.2, 0) is 9.59 Å². The predicted octanol–water partition coefficient (Wildman–Crippen LogP) is 2.28. The standard InChI is InChI=1S/C18H25N3O3S/c1-12-7-6-10-15(13(12)2)24-11-16(22)20-21-18(25)19-17(23)14-8-4-3-5-9-14/h6-7,10,14H,3-5,8-9,11H2,1-2H3,(H,20,22)(H2,19,21,23,25). The van der Waals surface area contributed by atoms with E-state index in [1.54, 1.807) is 0 Å². The van der Waals surface area contributed by atoms with Gasteiger partial charge >= 0.3 is 0 Å². The quantitative estimate of drug-likeness (QED) is 0.565. The average molecular weight is 363 g/mol. The van der Waals surface area contributed by atoms with E-state index >= 15 is 0 Å². The highest BCUT2D eigenvalue weighted by Crippen LogP contribution is 2.23. The maximum atomic E-state index is 12.1. The third-order valence-electron chi connectivity index (χ3n) is 4.44. The van der Waals surface area contributed by atoms with Gasteiger partial charge in [-0.3, -0.25) is 20.4 Å². The van der Waals surface area contributed by atoms with Gasteiger partial charge in [-0.2, -0.15) is 0 Å². The highest BCUT2D eigenvalue weighted by atomic mass is 32.1. The number of nitrogens with one attached hydrogen (secondary N) is 3. The lowest BCUT2D eigenvalue weighted by Gasteiger charge is -2.21. The van der Waals surface area contributed by atoms with Crippen molar-refractivity contribution in [1.29, 1.82) is 0 Å². The number of thiocarbonyl (C=S) groups is 1.